The van der Waals surface area contributed by atoms with E-state index in [0.717, 1.165) is 18.4 Å². The molecule has 0 spiro atoms. The van der Waals surface area contributed by atoms with E-state index in [4.69, 9.17) is 9.47 Å². The molecule has 4 rings (SSSR count). The predicted octanol–water partition coefficient (Wildman–Crippen LogP) is 2.82. The summed E-state index contributed by atoms with van der Waals surface area (Å²) < 4.78 is 10.9. The van der Waals surface area contributed by atoms with Gasteiger partial charge in [-0.2, -0.15) is 0 Å². The number of pyridine rings is 1. The van der Waals surface area contributed by atoms with Crippen LogP contribution in [0.4, 0.5) is 0 Å². The van der Waals surface area contributed by atoms with Gasteiger partial charge < -0.3 is 14.4 Å². The van der Waals surface area contributed by atoms with Crippen molar-refractivity contribution in [2.75, 3.05) is 40.0 Å². The molecule has 2 fully saturated rings. The average Bonchev–Trinajstić information content (AvgIpc) is 3.13. The van der Waals surface area contributed by atoms with Gasteiger partial charge in [-0.15, -0.1) is 0 Å². The van der Waals surface area contributed by atoms with E-state index in [1.807, 2.05) is 41.3 Å². The Hall–Kier alpha value is -3.26. The summed E-state index contributed by atoms with van der Waals surface area (Å²) in [6.45, 7) is 2.60. The quantitative estimate of drug-likeness (QED) is 0.385. The van der Waals surface area contributed by atoms with Crippen molar-refractivity contribution in [1.29, 1.82) is 0 Å². The van der Waals surface area contributed by atoms with Crippen LogP contribution in [0, 0.1) is 5.92 Å². The number of likely N-dealkylation sites (tertiary alicyclic amines) is 2. The standard InChI is InChI=1S/C27H33N3O5/c1-34-20-21-10-14-29(15-11-21)24(31)17-27(22-7-3-2-4-8-22)18-25(32)30(26(27)33)13-6-16-35-23-9-5-12-28-19-23/h2-5,7-9,12,19,21H,6,10-11,13-18,20H2,1H3/t27-/m1/s1. The van der Waals surface area contributed by atoms with Gasteiger partial charge in [0.25, 0.3) is 0 Å². The van der Waals surface area contributed by atoms with Crippen LogP contribution >= 0.6 is 0 Å². The number of aromatic nitrogens is 1. The Morgan fingerprint density at radius 1 is 1.11 bits per heavy atom. The van der Waals surface area contributed by atoms with Crippen LogP contribution in [0.15, 0.2) is 54.9 Å². The van der Waals surface area contributed by atoms with Gasteiger partial charge in [0.15, 0.2) is 0 Å². The number of piperidine rings is 1. The summed E-state index contributed by atoms with van der Waals surface area (Å²) in [7, 11) is 1.70. The first-order chi connectivity index (χ1) is 17.0. The minimum absolute atomic E-state index is 0.000778. The van der Waals surface area contributed by atoms with Crippen molar-refractivity contribution in [1.82, 2.24) is 14.8 Å². The van der Waals surface area contributed by atoms with E-state index in [2.05, 4.69) is 4.98 Å². The summed E-state index contributed by atoms with van der Waals surface area (Å²) in [5.41, 5.74) is -0.446. The van der Waals surface area contributed by atoms with E-state index in [-0.39, 0.29) is 37.1 Å². The second kappa shape index (κ2) is 11.4. The zero-order valence-electron chi connectivity index (χ0n) is 20.2. The summed E-state index contributed by atoms with van der Waals surface area (Å²) in [4.78, 5) is 47.3. The molecule has 3 heterocycles. The minimum atomic E-state index is -1.16. The second-order valence-corrected chi connectivity index (χ2v) is 9.32. The smallest absolute Gasteiger partial charge is 0.240 e. The first-order valence-electron chi connectivity index (χ1n) is 12.2. The third-order valence-electron chi connectivity index (χ3n) is 6.99. The first-order valence-corrected chi connectivity index (χ1v) is 12.2. The zero-order chi connectivity index (χ0) is 24.7. The molecule has 1 aromatic heterocycles. The molecule has 0 N–H and O–H groups in total. The van der Waals surface area contributed by atoms with Crippen LogP contribution in [-0.4, -0.2) is 72.5 Å². The Bertz CT molecular complexity index is 1010. The maximum absolute atomic E-state index is 13.7. The molecular weight excluding hydrogens is 446 g/mol. The molecule has 8 nitrogen and oxygen atoms in total. The fourth-order valence-electron chi connectivity index (χ4n) is 5.05. The largest absolute Gasteiger partial charge is 0.492 e. The molecule has 8 heteroatoms. The molecule has 1 atom stereocenters. The molecule has 2 aromatic rings. The van der Waals surface area contributed by atoms with Gasteiger partial charge in [0, 0.05) is 52.4 Å². The van der Waals surface area contributed by atoms with Gasteiger partial charge in [-0.1, -0.05) is 30.3 Å². The molecular formula is C27H33N3O5. The van der Waals surface area contributed by atoms with Crippen LogP contribution < -0.4 is 4.74 Å². The number of carbonyl (C=O) groups excluding carboxylic acids is 3. The Balaban J connectivity index is 1.44. The summed E-state index contributed by atoms with van der Waals surface area (Å²) in [5, 5.41) is 0. The van der Waals surface area contributed by atoms with Gasteiger partial charge in [0.05, 0.1) is 18.2 Å². The molecule has 186 valence electrons. The number of carbonyl (C=O) groups is 3. The van der Waals surface area contributed by atoms with Crippen molar-refractivity contribution in [2.45, 2.75) is 37.5 Å². The van der Waals surface area contributed by atoms with E-state index >= 15 is 0 Å². The fraction of sp³-hybridized carbons (Fsp3) is 0.481. The number of methoxy groups -OCH3 is 1. The molecule has 0 radical (unpaired) electrons. The monoisotopic (exact) mass is 479 g/mol. The van der Waals surface area contributed by atoms with Gasteiger partial charge in [0.2, 0.25) is 17.7 Å². The topological polar surface area (TPSA) is 89.0 Å². The number of ether oxygens (including phenoxy) is 2. The molecule has 3 amide bonds. The Morgan fingerprint density at radius 2 is 1.89 bits per heavy atom. The molecule has 0 unspecified atom stereocenters. The van der Waals surface area contributed by atoms with Crippen molar-refractivity contribution in [3.63, 3.8) is 0 Å². The molecule has 35 heavy (non-hydrogen) atoms. The summed E-state index contributed by atoms with van der Waals surface area (Å²) in [6.07, 6.45) is 5.56. The van der Waals surface area contributed by atoms with Crippen molar-refractivity contribution in [3.8, 4) is 5.75 Å². The zero-order valence-corrected chi connectivity index (χ0v) is 20.2. The Kier molecular flexibility index (Phi) is 8.13. The highest BCUT2D eigenvalue weighted by molar-refractivity contribution is 6.10. The highest BCUT2D eigenvalue weighted by atomic mass is 16.5. The van der Waals surface area contributed by atoms with Crippen LogP contribution in [0.1, 0.15) is 37.7 Å². The molecule has 1 aromatic carbocycles. The number of hydrogen-bond acceptors (Lipinski definition) is 6. The second-order valence-electron chi connectivity index (χ2n) is 9.32. The van der Waals surface area contributed by atoms with Crippen molar-refractivity contribution < 1.29 is 23.9 Å². The van der Waals surface area contributed by atoms with Crippen LogP contribution in [0.25, 0.3) is 0 Å². The van der Waals surface area contributed by atoms with Gasteiger partial charge in [-0.05, 0) is 42.9 Å². The molecule has 0 saturated carbocycles. The molecule has 2 saturated heterocycles. The number of imide groups is 1. The number of benzene rings is 1. The SMILES string of the molecule is COCC1CCN(C(=O)C[C@]2(c3ccccc3)CC(=O)N(CCCOc3cccnc3)C2=O)CC1. The number of hydrogen-bond donors (Lipinski definition) is 0. The van der Waals surface area contributed by atoms with Crippen molar-refractivity contribution >= 4 is 17.7 Å². The maximum atomic E-state index is 13.7. The number of nitrogens with zero attached hydrogens (tertiary/aromatic N) is 3. The lowest BCUT2D eigenvalue weighted by Crippen LogP contribution is -2.46. The van der Waals surface area contributed by atoms with E-state index in [9.17, 15) is 14.4 Å². The Morgan fingerprint density at radius 3 is 2.57 bits per heavy atom. The molecule has 0 aliphatic carbocycles. The third-order valence-corrected chi connectivity index (χ3v) is 6.99. The first kappa shape index (κ1) is 24.9. The predicted molar refractivity (Wildman–Crippen MR) is 130 cm³/mol. The molecule has 0 bridgehead atoms. The lowest BCUT2D eigenvalue weighted by atomic mass is 9.75. The van der Waals surface area contributed by atoms with E-state index in [0.29, 0.717) is 44.4 Å². The third kappa shape index (κ3) is 5.70. The average molecular weight is 480 g/mol. The summed E-state index contributed by atoms with van der Waals surface area (Å²) >= 11 is 0. The van der Waals surface area contributed by atoms with Crippen LogP contribution in [0.3, 0.4) is 0 Å². The van der Waals surface area contributed by atoms with Crippen LogP contribution in [-0.2, 0) is 24.5 Å². The van der Waals surface area contributed by atoms with Gasteiger partial charge in [-0.3, -0.25) is 24.3 Å². The number of rotatable bonds is 10. The van der Waals surface area contributed by atoms with Crippen molar-refractivity contribution in [3.05, 3.63) is 60.4 Å². The summed E-state index contributed by atoms with van der Waals surface area (Å²) in [5.74, 6) is 0.480. The maximum Gasteiger partial charge on any atom is 0.240 e. The lowest BCUT2D eigenvalue weighted by molar-refractivity contribution is -0.143. The number of amides is 3. The fourth-order valence-corrected chi connectivity index (χ4v) is 5.05. The summed E-state index contributed by atoms with van der Waals surface area (Å²) in [6, 6.07) is 12.8. The van der Waals surface area contributed by atoms with Gasteiger partial charge in [0.1, 0.15) is 5.75 Å². The van der Waals surface area contributed by atoms with Gasteiger partial charge >= 0.3 is 0 Å². The van der Waals surface area contributed by atoms with Gasteiger partial charge in [-0.25, -0.2) is 0 Å². The highest BCUT2D eigenvalue weighted by Gasteiger charge is 2.53. The van der Waals surface area contributed by atoms with E-state index < -0.39 is 5.41 Å². The van der Waals surface area contributed by atoms with Crippen LogP contribution in [0.5, 0.6) is 5.75 Å². The lowest BCUT2D eigenvalue weighted by Gasteiger charge is -2.34. The molecule has 2 aliphatic heterocycles. The molecule has 2 aliphatic rings. The highest BCUT2D eigenvalue weighted by Crippen LogP contribution is 2.40. The van der Waals surface area contributed by atoms with Crippen LogP contribution in [0.2, 0.25) is 0 Å². The Labute approximate surface area is 206 Å². The van der Waals surface area contributed by atoms with E-state index in [1.165, 1.54) is 4.90 Å². The van der Waals surface area contributed by atoms with Crippen molar-refractivity contribution in [2.24, 2.45) is 5.92 Å². The normalized spacial score (nSPS) is 20.9. The minimum Gasteiger partial charge on any atom is -0.492 e. The van der Waals surface area contributed by atoms with E-state index in [1.54, 1.807) is 25.6 Å².